The predicted octanol–water partition coefficient (Wildman–Crippen LogP) is 0.508. The maximum absolute atomic E-state index is 12.5. The third kappa shape index (κ3) is 5.12. The molecule has 2 heterocycles. The van der Waals surface area contributed by atoms with Crippen molar-refractivity contribution in [3.05, 3.63) is 47.6 Å². The van der Waals surface area contributed by atoms with Gasteiger partial charge in [0.25, 0.3) is 0 Å². The van der Waals surface area contributed by atoms with Crippen LogP contribution < -0.4 is 5.32 Å². The molecule has 9 heteroatoms. The summed E-state index contributed by atoms with van der Waals surface area (Å²) in [5, 5.41) is 6.79. The quantitative estimate of drug-likeness (QED) is 0.781. The van der Waals surface area contributed by atoms with E-state index in [1.807, 2.05) is 35.2 Å². The van der Waals surface area contributed by atoms with Gasteiger partial charge in [-0.2, -0.15) is 4.98 Å². The average Bonchev–Trinajstić information content (AvgIpc) is 3.02. The summed E-state index contributed by atoms with van der Waals surface area (Å²) in [4.78, 5) is 18.5. The lowest BCUT2D eigenvalue weighted by Crippen LogP contribution is -2.46. The van der Waals surface area contributed by atoms with Crippen molar-refractivity contribution in [3.63, 3.8) is 0 Å². The minimum atomic E-state index is -2.96. The van der Waals surface area contributed by atoms with Crippen molar-refractivity contribution in [1.82, 2.24) is 20.4 Å². The second-order valence-electron chi connectivity index (χ2n) is 6.40. The van der Waals surface area contributed by atoms with Crippen molar-refractivity contribution in [2.75, 3.05) is 31.1 Å². The molecule has 1 unspecified atom stereocenters. The van der Waals surface area contributed by atoms with E-state index in [0.717, 1.165) is 5.56 Å². The third-order valence-corrected chi connectivity index (χ3v) is 5.90. The molecule has 8 nitrogen and oxygen atoms in total. The molecule has 1 aliphatic heterocycles. The highest BCUT2D eigenvalue weighted by molar-refractivity contribution is 7.91. The van der Waals surface area contributed by atoms with Crippen LogP contribution in [0.15, 0.2) is 34.9 Å². The molecule has 1 fully saturated rings. The zero-order valence-electron chi connectivity index (χ0n) is 14.6. The lowest BCUT2D eigenvalue weighted by atomic mass is 10.0. The number of hydrogen-bond donors (Lipinski definition) is 1. The SMILES string of the molecule is Cc1noc(CC(NC(=O)CN2CCS(=O)(=O)CC2)c2ccccc2)n1. The fourth-order valence-electron chi connectivity index (χ4n) is 2.89. The molecule has 1 aromatic heterocycles. The van der Waals surface area contributed by atoms with Crippen molar-refractivity contribution in [1.29, 1.82) is 0 Å². The van der Waals surface area contributed by atoms with Gasteiger partial charge >= 0.3 is 0 Å². The maximum Gasteiger partial charge on any atom is 0.234 e. The number of carbonyl (C=O) groups excluding carboxylic acids is 1. The molecule has 1 aromatic carbocycles. The van der Waals surface area contributed by atoms with Crippen LogP contribution in [0.25, 0.3) is 0 Å². The number of hydrogen-bond acceptors (Lipinski definition) is 7. The van der Waals surface area contributed by atoms with E-state index in [1.165, 1.54) is 0 Å². The van der Waals surface area contributed by atoms with Crippen molar-refractivity contribution >= 4 is 15.7 Å². The third-order valence-electron chi connectivity index (χ3n) is 4.29. The van der Waals surface area contributed by atoms with E-state index in [9.17, 15) is 13.2 Å². The van der Waals surface area contributed by atoms with Crippen LogP contribution in [0.3, 0.4) is 0 Å². The minimum Gasteiger partial charge on any atom is -0.348 e. The molecule has 0 bridgehead atoms. The molecule has 2 aromatic rings. The fourth-order valence-corrected chi connectivity index (χ4v) is 4.16. The predicted molar refractivity (Wildman–Crippen MR) is 95.2 cm³/mol. The smallest absolute Gasteiger partial charge is 0.234 e. The van der Waals surface area contributed by atoms with Gasteiger partial charge in [0.1, 0.15) is 0 Å². The normalized spacial score (nSPS) is 18.3. The molecule has 1 atom stereocenters. The molecular weight excluding hydrogens is 356 g/mol. The van der Waals surface area contributed by atoms with Gasteiger partial charge in [0, 0.05) is 13.1 Å². The van der Waals surface area contributed by atoms with E-state index >= 15 is 0 Å². The van der Waals surface area contributed by atoms with Crippen LogP contribution in [0.5, 0.6) is 0 Å². The summed E-state index contributed by atoms with van der Waals surface area (Å²) in [6.45, 7) is 2.68. The van der Waals surface area contributed by atoms with Crippen molar-refractivity contribution in [2.45, 2.75) is 19.4 Å². The number of amides is 1. The first-order valence-electron chi connectivity index (χ1n) is 8.47. The molecule has 3 rings (SSSR count). The van der Waals surface area contributed by atoms with Crippen LogP contribution in [0, 0.1) is 6.92 Å². The van der Waals surface area contributed by atoms with Crippen LogP contribution in [0.2, 0.25) is 0 Å². The average molecular weight is 378 g/mol. The Kier molecular flexibility index (Phi) is 5.67. The highest BCUT2D eigenvalue weighted by atomic mass is 32.2. The lowest BCUT2D eigenvalue weighted by molar-refractivity contribution is -0.123. The number of sulfone groups is 1. The van der Waals surface area contributed by atoms with Crippen LogP contribution >= 0.6 is 0 Å². The molecule has 26 heavy (non-hydrogen) atoms. The molecule has 0 spiro atoms. The van der Waals surface area contributed by atoms with E-state index < -0.39 is 9.84 Å². The topological polar surface area (TPSA) is 105 Å². The Hall–Kier alpha value is -2.26. The van der Waals surface area contributed by atoms with Gasteiger partial charge in [-0.1, -0.05) is 35.5 Å². The first kappa shape index (κ1) is 18.5. The molecule has 0 aliphatic carbocycles. The monoisotopic (exact) mass is 378 g/mol. The van der Waals surface area contributed by atoms with Gasteiger partial charge in [0.05, 0.1) is 30.5 Å². The second-order valence-corrected chi connectivity index (χ2v) is 8.70. The Morgan fingerprint density at radius 1 is 1.27 bits per heavy atom. The van der Waals surface area contributed by atoms with Crippen LogP contribution in [-0.4, -0.2) is 60.5 Å². The van der Waals surface area contributed by atoms with Crippen molar-refractivity contribution in [2.24, 2.45) is 0 Å². The van der Waals surface area contributed by atoms with E-state index in [-0.39, 0.29) is 30.0 Å². The first-order chi connectivity index (χ1) is 12.4. The zero-order chi connectivity index (χ0) is 18.6. The summed E-state index contributed by atoms with van der Waals surface area (Å²) in [6.07, 6.45) is 0.394. The van der Waals surface area contributed by atoms with Gasteiger partial charge in [-0.05, 0) is 12.5 Å². The van der Waals surface area contributed by atoms with Crippen LogP contribution in [0.1, 0.15) is 23.3 Å². The summed E-state index contributed by atoms with van der Waals surface area (Å²) in [6, 6.07) is 9.29. The number of nitrogens with one attached hydrogen (secondary N) is 1. The zero-order valence-corrected chi connectivity index (χ0v) is 15.4. The summed E-state index contributed by atoms with van der Waals surface area (Å²) in [7, 11) is -2.96. The molecular formula is C17H22N4O4S. The molecule has 0 saturated carbocycles. The van der Waals surface area contributed by atoms with Gasteiger partial charge in [-0.3, -0.25) is 9.69 Å². The summed E-state index contributed by atoms with van der Waals surface area (Å²) < 4.78 is 28.2. The van der Waals surface area contributed by atoms with Gasteiger partial charge < -0.3 is 9.84 Å². The Balaban J connectivity index is 1.64. The summed E-state index contributed by atoms with van der Waals surface area (Å²) in [5.41, 5.74) is 0.943. The second kappa shape index (κ2) is 7.96. The number of benzene rings is 1. The molecule has 0 radical (unpaired) electrons. The van der Waals surface area contributed by atoms with Crippen LogP contribution in [0.4, 0.5) is 0 Å². The summed E-state index contributed by atoms with van der Waals surface area (Å²) >= 11 is 0. The van der Waals surface area contributed by atoms with Gasteiger partial charge in [-0.25, -0.2) is 8.42 Å². The number of aromatic nitrogens is 2. The van der Waals surface area contributed by atoms with E-state index in [2.05, 4.69) is 15.5 Å². The number of rotatable bonds is 6. The van der Waals surface area contributed by atoms with E-state index in [1.54, 1.807) is 6.92 Å². The molecule has 1 N–H and O–H groups in total. The van der Waals surface area contributed by atoms with Crippen LogP contribution in [-0.2, 0) is 21.1 Å². The molecule has 1 saturated heterocycles. The Bertz CT molecular complexity index is 837. The van der Waals surface area contributed by atoms with Gasteiger partial charge in [-0.15, -0.1) is 0 Å². The van der Waals surface area contributed by atoms with Crippen molar-refractivity contribution < 1.29 is 17.7 Å². The summed E-state index contributed by atoms with van der Waals surface area (Å²) in [5.74, 6) is 1.05. The Morgan fingerprint density at radius 3 is 2.58 bits per heavy atom. The molecule has 140 valence electrons. The van der Waals surface area contributed by atoms with Crippen molar-refractivity contribution in [3.8, 4) is 0 Å². The molecule has 1 aliphatic rings. The molecule has 1 amide bonds. The number of carbonyl (C=O) groups is 1. The number of nitrogens with zero attached hydrogens (tertiary/aromatic N) is 3. The number of aryl methyl sites for hydroxylation is 1. The maximum atomic E-state index is 12.5. The van der Waals surface area contributed by atoms with E-state index in [0.29, 0.717) is 31.2 Å². The lowest BCUT2D eigenvalue weighted by Gasteiger charge is -2.27. The largest absolute Gasteiger partial charge is 0.348 e. The Morgan fingerprint density at radius 2 is 1.96 bits per heavy atom. The fraction of sp³-hybridized carbons (Fsp3) is 0.471. The van der Waals surface area contributed by atoms with Gasteiger partial charge in [0.15, 0.2) is 15.7 Å². The Labute approximate surface area is 152 Å². The highest BCUT2D eigenvalue weighted by Gasteiger charge is 2.24. The minimum absolute atomic E-state index is 0.101. The highest BCUT2D eigenvalue weighted by Crippen LogP contribution is 2.17. The first-order valence-corrected chi connectivity index (χ1v) is 10.3. The van der Waals surface area contributed by atoms with Gasteiger partial charge in [0.2, 0.25) is 11.8 Å². The standard InChI is InChI=1S/C17H22N4O4S/c1-13-18-17(25-20-13)11-15(14-5-3-2-4-6-14)19-16(22)12-21-7-9-26(23,24)10-8-21/h2-6,15H,7-12H2,1H3,(H,19,22). The van der Waals surface area contributed by atoms with E-state index in [4.69, 9.17) is 4.52 Å².